The molecule has 0 bridgehead atoms. The number of alkyl halides is 9. The van der Waals surface area contributed by atoms with Gasteiger partial charge in [-0.05, 0) is 86.0 Å². The number of ether oxygens (including phenoxy) is 2. The van der Waals surface area contributed by atoms with Crippen LogP contribution in [0.4, 0.5) is 49.1 Å². The van der Waals surface area contributed by atoms with Crippen LogP contribution in [0.3, 0.4) is 0 Å². The summed E-state index contributed by atoms with van der Waals surface area (Å²) in [6.45, 7) is 10.6. The van der Waals surface area contributed by atoms with Crippen molar-refractivity contribution in [1.82, 2.24) is 39.8 Å². The Morgan fingerprint density at radius 3 is 1.34 bits per heavy atom. The fraction of sp³-hybridized carbons (Fsp3) is 0.659. The molecule has 68 heavy (non-hydrogen) atoms. The highest BCUT2D eigenvalue weighted by atomic mass is 19.4. The molecule has 1 aromatic heterocycles. The Bertz CT molecular complexity index is 1970. The van der Waals surface area contributed by atoms with Crippen LogP contribution in [-0.4, -0.2) is 171 Å². The molecule has 0 atom stereocenters. The van der Waals surface area contributed by atoms with Crippen LogP contribution in [0.15, 0.2) is 18.6 Å². The first-order chi connectivity index (χ1) is 31.4. The average molecular weight is 981 g/mol. The summed E-state index contributed by atoms with van der Waals surface area (Å²) in [6.07, 6.45) is 0.895. The molecular weight excluding hydrogens is 924 g/mol. The number of halogens is 9. The lowest BCUT2D eigenvalue weighted by molar-refractivity contribution is -0.186. The Hall–Kier alpha value is -5.96. The molecule has 3 saturated heterocycles. The van der Waals surface area contributed by atoms with Gasteiger partial charge in [0.2, 0.25) is 0 Å². The van der Waals surface area contributed by atoms with E-state index in [1.807, 2.05) is 0 Å². The first-order valence-electron chi connectivity index (χ1n) is 21.3. The smallest absolute Gasteiger partial charge is 0.444 e. The Morgan fingerprint density at radius 2 is 1.01 bits per heavy atom. The van der Waals surface area contributed by atoms with E-state index in [0.717, 1.165) is 14.7 Å². The van der Waals surface area contributed by atoms with Gasteiger partial charge in [0.1, 0.15) is 16.9 Å². The number of carbonyl (C=O) groups excluding carboxylic acids is 5. The molecule has 0 aromatic carbocycles. The molecule has 4 heterocycles. The molecule has 0 radical (unpaired) electrons. The second-order valence-electron chi connectivity index (χ2n) is 17.5. The van der Waals surface area contributed by atoms with E-state index < -0.39 is 65.7 Å². The van der Waals surface area contributed by atoms with Crippen molar-refractivity contribution in [2.24, 2.45) is 0 Å². The Labute approximate surface area is 389 Å². The maximum Gasteiger partial charge on any atom is 0.471 e. The number of hydrogen-bond donors (Lipinski definition) is 1. The van der Waals surface area contributed by atoms with E-state index >= 15 is 0 Å². The number of amides is 5. The van der Waals surface area contributed by atoms with Gasteiger partial charge in [-0.15, -0.1) is 12.8 Å². The average Bonchev–Trinajstić information content (AvgIpc) is 3.24. The van der Waals surface area contributed by atoms with Crippen molar-refractivity contribution in [3.63, 3.8) is 0 Å². The summed E-state index contributed by atoms with van der Waals surface area (Å²) in [5.41, 5.74) is -1.00. The van der Waals surface area contributed by atoms with Crippen molar-refractivity contribution in [3.05, 3.63) is 24.3 Å². The summed E-state index contributed by atoms with van der Waals surface area (Å²) in [5.74, 6) is 4.93. The molecule has 0 spiro atoms. The number of aromatic nitrogens is 2. The van der Waals surface area contributed by atoms with Crippen LogP contribution in [0.2, 0.25) is 0 Å². The first-order valence-corrected chi connectivity index (χ1v) is 21.3. The monoisotopic (exact) mass is 980 g/mol. The summed E-state index contributed by atoms with van der Waals surface area (Å²) in [4.78, 5) is 71.3. The Kier molecular flexibility index (Phi) is 21.7. The number of nitrogens with one attached hydrogen (secondary N) is 1. The highest BCUT2D eigenvalue weighted by molar-refractivity contribution is 5.83. The van der Waals surface area contributed by atoms with E-state index in [-0.39, 0.29) is 90.1 Å². The number of likely N-dealkylation sites (tertiary alicyclic amines) is 3. The molecule has 1 aromatic rings. The third-order valence-corrected chi connectivity index (χ3v) is 9.93. The van der Waals surface area contributed by atoms with Gasteiger partial charge in [-0.25, -0.2) is 14.6 Å². The van der Waals surface area contributed by atoms with Crippen molar-refractivity contribution in [1.29, 1.82) is 0 Å². The third-order valence-electron chi connectivity index (χ3n) is 9.93. The third kappa shape index (κ3) is 20.5. The SMILES string of the molecule is C#CCN(C(=O)OC(C)(C)C)C1CCN(C(=O)C(F)(F)F)CC1.C#CCNC1CCN(C(=O)C(F)(F)F)CC1.CC(C)(C)OC(=O)N(CC#Cc1cnccn1)C1CCN(C(=O)C(F)(F)F)CC1. The quantitative estimate of drug-likeness (QED) is 0.274. The predicted molar refractivity (Wildman–Crippen MR) is 227 cm³/mol. The van der Waals surface area contributed by atoms with Crippen LogP contribution in [0.25, 0.3) is 0 Å². The summed E-state index contributed by atoms with van der Waals surface area (Å²) in [7, 11) is 0. The number of hydrogen-bond acceptors (Lipinski definition) is 10. The number of nitrogens with zero attached hydrogens (tertiary/aromatic N) is 7. The maximum absolute atomic E-state index is 12.6. The summed E-state index contributed by atoms with van der Waals surface area (Å²) >= 11 is 0. The minimum atomic E-state index is -4.90. The minimum absolute atomic E-state index is 0.00674. The van der Waals surface area contributed by atoms with Crippen molar-refractivity contribution in [2.75, 3.05) is 58.9 Å². The van der Waals surface area contributed by atoms with Gasteiger partial charge in [-0.2, -0.15) is 39.5 Å². The molecule has 0 aliphatic carbocycles. The van der Waals surface area contributed by atoms with Crippen molar-refractivity contribution in [3.8, 4) is 36.5 Å². The van der Waals surface area contributed by atoms with Crippen molar-refractivity contribution < 1.29 is 73.0 Å². The molecule has 4 rings (SSSR count). The topological polar surface area (TPSA) is 158 Å². The molecule has 1 N–H and O–H groups in total. The van der Waals surface area contributed by atoms with E-state index in [4.69, 9.17) is 22.3 Å². The van der Waals surface area contributed by atoms with Crippen LogP contribution < -0.4 is 5.32 Å². The van der Waals surface area contributed by atoms with E-state index in [0.29, 0.717) is 25.1 Å². The molecule has 24 heteroatoms. The predicted octanol–water partition coefficient (Wildman–Crippen LogP) is 5.79. The van der Waals surface area contributed by atoms with E-state index in [9.17, 15) is 63.5 Å². The highest BCUT2D eigenvalue weighted by Gasteiger charge is 2.46. The van der Waals surface area contributed by atoms with Crippen LogP contribution >= 0.6 is 0 Å². The number of carbonyl (C=O) groups is 5. The largest absolute Gasteiger partial charge is 0.471 e. The number of terminal acetylenes is 2. The lowest BCUT2D eigenvalue weighted by Gasteiger charge is -2.38. The standard InChI is InChI=1S/C19H23F3N4O3.C15H21F3N2O3.C10H13F3N2O/c1-18(2,3)29-17(28)26(10-4-5-14-13-23-8-9-24-14)15-6-11-25(12-7-15)16(27)19(20,21)22;1-5-8-20(13(22)23-14(2,3)4)11-6-9-19(10-7-11)12(21)15(16,17)18;1-2-5-14-8-3-6-15(7-4-8)9(16)10(11,12)13/h8-9,13,15H,6-7,10-12H2,1-3H3;1,11H,6-10H2,2-4H3;1,8,14H,3-7H2. The van der Waals surface area contributed by atoms with Gasteiger partial charge in [-0.3, -0.25) is 29.2 Å². The molecule has 3 aliphatic heterocycles. The first kappa shape index (κ1) is 58.2. The van der Waals surface area contributed by atoms with Crippen LogP contribution in [0.1, 0.15) is 85.8 Å². The van der Waals surface area contributed by atoms with E-state index in [1.165, 1.54) is 28.4 Å². The molecular formula is C44H57F9N8O7. The lowest BCUT2D eigenvalue weighted by atomic mass is 10.0. The van der Waals surface area contributed by atoms with Gasteiger partial charge in [0, 0.05) is 69.8 Å². The van der Waals surface area contributed by atoms with Crippen LogP contribution in [0.5, 0.6) is 0 Å². The molecule has 3 fully saturated rings. The van der Waals surface area contributed by atoms with E-state index in [1.54, 1.807) is 41.5 Å². The van der Waals surface area contributed by atoms with Gasteiger partial charge in [0.25, 0.3) is 0 Å². The van der Waals surface area contributed by atoms with Gasteiger partial charge < -0.3 is 29.5 Å². The zero-order valence-corrected chi connectivity index (χ0v) is 38.6. The maximum atomic E-state index is 12.6. The van der Waals surface area contributed by atoms with Gasteiger partial charge >= 0.3 is 48.4 Å². The zero-order chi connectivity index (χ0) is 51.7. The normalized spacial score (nSPS) is 16.5. The highest BCUT2D eigenvalue weighted by Crippen LogP contribution is 2.27. The molecule has 15 nitrogen and oxygen atoms in total. The fourth-order valence-electron chi connectivity index (χ4n) is 6.79. The van der Waals surface area contributed by atoms with Crippen LogP contribution in [-0.2, 0) is 23.9 Å². The van der Waals surface area contributed by atoms with Gasteiger partial charge in [0.15, 0.2) is 0 Å². The minimum Gasteiger partial charge on any atom is -0.444 e. The second-order valence-corrected chi connectivity index (χ2v) is 17.5. The molecule has 0 saturated carbocycles. The molecule has 0 unspecified atom stereocenters. The van der Waals surface area contributed by atoms with Crippen molar-refractivity contribution in [2.45, 2.75) is 128 Å². The summed E-state index contributed by atoms with van der Waals surface area (Å²) < 4.78 is 122. The number of rotatable bonds is 6. The second kappa shape index (κ2) is 25.4. The summed E-state index contributed by atoms with van der Waals surface area (Å²) in [6, 6.07) is -0.634. The molecule has 5 amide bonds. The lowest BCUT2D eigenvalue weighted by Crippen LogP contribution is -2.52. The summed E-state index contributed by atoms with van der Waals surface area (Å²) in [5, 5.41) is 3.01. The van der Waals surface area contributed by atoms with Crippen molar-refractivity contribution >= 4 is 29.9 Å². The fourth-order valence-corrected chi connectivity index (χ4v) is 6.79. The Morgan fingerprint density at radius 1 is 0.632 bits per heavy atom. The molecule has 378 valence electrons. The molecule has 3 aliphatic rings. The van der Waals surface area contributed by atoms with Crippen LogP contribution in [0, 0.1) is 36.5 Å². The van der Waals surface area contributed by atoms with Gasteiger partial charge in [0.05, 0.1) is 25.8 Å². The zero-order valence-electron chi connectivity index (χ0n) is 38.6. The Balaban J connectivity index is 0.000000365. The van der Waals surface area contributed by atoms with E-state index in [2.05, 4.69) is 39.0 Å². The van der Waals surface area contributed by atoms with Gasteiger partial charge in [-0.1, -0.05) is 17.8 Å². The number of piperidine rings is 3.